The van der Waals surface area contributed by atoms with Gasteiger partial charge in [0.05, 0.1) is 12.0 Å². The van der Waals surface area contributed by atoms with Gasteiger partial charge in [0.2, 0.25) is 0 Å². The van der Waals surface area contributed by atoms with Gasteiger partial charge in [0.15, 0.2) is 6.10 Å². The summed E-state index contributed by atoms with van der Waals surface area (Å²) in [6, 6.07) is 14.6. The molecule has 6 nitrogen and oxygen atoms in total. The summed E-state index contributed by atoms with van der Waals surface area (Å²) in [7, 11) is 1.11. The van der Waals surface area contributed by atoms with Gasteiger partial charge < -0.3 is 9.47 Å². The molecule has 8 heteroatoms. The van der Waals surface area contributed by atoms with Crippen molar-refractivity contribution in [3.8, 4) is 5.75 Å². The first-order chi connectivity index (χ1) is 13.9. The Hall–Kier alpha value is -3.81. The van der Waals surface area contributed by atoms with Gasteiger partial charge in [-0.15, -0.1) is 0 Å². The lowest BCUT2D eigenvalue weighted by Gasteiger charge is -2.22. The Labute approximate surface area is 164 Å². The smallest absolute Gasteiger partial charge is 0.341 e. The van der Waals surface area contributed by atoms with Crippen molar-refractivity contribution in [3.05, 3.63) is 105 Å². The second kappa shape index (κ2) is 8.47. The molecule has 0 bridgehead atoms. The SMILES string of the molecule is COC(=O)c1cc([N+](=O)[O-])ccc1OC(c1ccccc1F)c1ccccc1F. The van der Waals surface area contributed by atoms with E-state index in [0.717, 1.165) is 19.2 Å². The summed E-state index contributed by atoms with van der Waals surface area (Å²) < 4.78 is 39.4. The number of non-ortho nitro benzene ring substituents is 1. The second-order valence-corrected chi connectivity index (χ2v) is 5.97. The second-order valence-electron chi connectivity index (χ2n) is 5.97. The molecule has 0 saturated heterocycles. The molecule has 0 aliphatic heterocycles. The van der Waals surface area contributed by atoms with Gasteiger partial charge in [-0.1, -0.05) is 36.4 Å². The number of nitro benzene ring substituents is 1. The fourth-order valence-electron chi connectivity index (χ4n) is 2.80. The summed E-state index contributed by atoms with van der Waals surface area (Å²) in [5, 5.41) is 11.0. The van der Waals surface area contributed by atoms with Crippen LogP contribution in [-0.4, -0.2) is 18.0 Å². The van der Waals surface area contributed by atoms with Crippen molar-refractivity contribution in [2.45, 2.75) is 6.10 Å². The number of halogens is 2. The molecule has 0 spiro atoms. The van der Waals surface area contributed by atoms with Crippen molar-refractivity contribution < 1.29 is 28.0 Å². The van der Waals surface area contributed by atoms with Crippen LogP contribution >= 0.6 is 0 Å². The molecule has 3 aromatic rings. The van der Waals surface area contributed by atoms with E-state index in [2.05, 4.69) is 4.74 Å². The monoisotopic (exact) mass is 399 g/mol. The van der Waals surface area contributed by atoms with Crippen LogP contribution in [0.5, 0.6) is 5.75 Å². The Morgan fingerprint density at radius 3 is 2.00 bits per heavy atom. The Balaban J connectivity index is 2.14. The molecule has 0 radical (unpaired) electrons. The predicted molar refractivity (Wildman–Crippen MR) is 99.7 cm³/mol. The van der Waals surface area contributed by atoms with Crippen LogP contribution in [0.2, 0.25) is 0 Å². The number of carbonyl (C=O) groups excluding carboxylic acids is 1. The minimum atomic E-state index is -1.25. The normalized spacial score (nSPS) is 10.6. The van der Waals surface area contributed by atoms with Crippen molar-refractivity contribution in [1.82, 2.24) is 0 Å². The Morgan fingerprint density at radius 1 is 0.966 bits per heavy atom. The number of carbonyl (C=O) groups is 1. The molecule has 0 atom stereocenters. The largest absolute Gasteiger partial charge is 0.480 e. The van der Waals surface area contributed by atoms with E-state index in [1.54, 1.807) is 12.1 Å². The summed E-state index contributed by atoms with van der Waals surface area (Å²) in [6.45, 7) is 0. The van der Waals surface area contributed by atoms with Crippen LogP contribution in [0, 0.1) is 21.7 Å². The van der Waals surface area contributed by atoms with Crippen LogP contribution in [0.1, 0.15) is 27.6 Å². The zero-order valence-electron chi connectivity index (χ0n) is 15.2. The van der Waals surface area contributed by atoms with Crippen LogP contribution in [0.3, 0.4) is 0 Å². The number of esters is 1. The molecular weight excluding hydrogens is 384 g/mol. The molecular formula is C21H15F2NO5. The highest BCUT2D eigenvalue weighted by molar-refractivity contribution is 5.93. The van der Waals surface area contributed by atoms with Crippen molar-refractivity contribution in [2.75, 3.05) is 7.11 Å². The molecule has 0 unspecified atom stereocenters. The van der Waals surface area contributed by atoms with E-state index in [1.165, 1.54) is 42.5 Å². The molecule has 29 heavy (non-hydrogen) atoms. The van der Waals surface area contributed by atoms with Crippen LogP contribution in [-0.2, 0) is 4.74 Å². The van der Waals surface area contributed by atoms with Crippen LogP contribution in [0.25, 0.3) is 0 Å². The standard InChI is InChI=1S/C21H15F2NO5/c1-28-21(25)16-12-13(24(26)27)10-11-19(16)29-20(14-6-2-4-8-17(14)22)15-7-3-5-9-18(15)23/h2-12,20H,1H3. The van der Waals surface area contributed by atoms with E-state index < -0.39 is 28.6 Å². The van der Waals surface area contributed by atoms with Gasteiger partial charge in [-0.3, -0.25) is 10.1 Å². The third kappa shape index (κ3) is 4.21. The minimum absolute atomic E-state index is 0.0340. The van der Waals surface area contributed by atoms with Gasteiger partial charge in [-0.25, -0.2) is 13.6 Å². The lowest BCUT2D eigenvalue weighted by molar-refractivity contribution is -0.384. The summed E-state index contributed by atoms with van der Waals surface area (Å²) in [5.41, 5.74) is -0.524. The van der Waals surface area contributed by atoms with E-state index in [0.29, 0.717) is 0 Å². The lowest BCUT2D eigenvalue weighted by atomic mass is 10.00. The number of rotatable bonds is 6. The number of ether oxygens (including phenoxy) is 2. The van der Waals surface area contributed by atoms with Gasteiger partial charge >= 0.3 is 5.97 Å². The van der Waals surface area contributed by atoms with E-state index in [4.69, 9.17) is 4.74 Å². The molecule has 0 heterocycles. The number of nitrogens with zero attached hydrogens (tertiary/aromatic N) is 1. The number of hydrogen-bond acceptors (Lipinski definition) is 5. The molecule has 148 valence electrons. The fraction of sp³-hybridized carbons (Fsp3) is 0.0952. The first-order valence-electron chi connectivity index (χ1n) is 8.44. The predicted octanol–water partition coefficient (Wildman–Crippen LogP) is 4.83. The Kier molecular flexibility index (Phi) is 5.82. The summed E-state index contributed by atoms with van der Waals surface area (Å²) >= 11 is 0. The average Bonchev–Trinajstić information content (AvgIpc) is 2.72. The first-order valence-corrected chi connectivity index (χ1v) is 8.44. The molecule has 3 aromatic carbocycles. The molecule has 0 aliphatic carbocycles. The summed E-state index contributed by atoms with van der Waals surface area (Å²) in [4.78, 5) is 22.5. The van der Waals surface area contributed by atoms with Crippen molar-refractivity contribution in [3.63, 3.8) is 0 Å². The Morgan fingerprint density at radius 2 is 1.52 bits per heavy atom. The van der Waals surface area contributed by atoms with E-state index >= 15 is 0 Å². The third-order valence-electron chi connectivity index (χ3n) is 4.20. The fourth-order valence-corrected chi connectivity index (χ4v) is 2.80. The van der Waals surface area contributed by atoms with E-state index in [-0.39, 0.29) is 28.1 Å². The van der Waals surface area contributed by atoms with E-state index in [1.807, 2.05) is 0 Å². The van der Waals surface area contributed by atoms with Gasteiger partial charge in [0.25, 0.3) is 5.69 Å². The molecule has 0 saturated carbocycles. The first kappa shape index (κ1) is 19.9. The maximum atomic E-state index is 14.5. The number of methoxy groups -OCH3 is 1. The van der Waals surface area contributed by atoms with Gasteiger partial charge in [-0.2, -0.15) is 0 Å². The average molecular weight is 399 g/mol. The molecule has 3 rings (SSSR count). The zero-order chi connectivity index (χ0) is 21.0. The molecule has 0 N–H and O–H groups in total. The van der Waals surface area contributed by atoms with E-state index in [9.17, 15) is 23.7 Å². The van der Waals surface area contributed by atoms with Gasteiger partial charge in [-0.05, 0) is 18.2 Å². The van der Waals surface area contributed by atoms with Gasteiger partial charge in [0, 0.05) is 23.3 Å². The topological polar surface area (TPSA) is 78.7 Å². The lowest BCUT2D eigenvalue weighted by Crippen LogP contribution is -2.15. The summed E-state index contributed by atoms with van der Waals surface area (Å²) in [5.74, 6) is -2.27. The highest BCUT2D eigenvalue weighted by Crippen LogP contribution is 2.34. The minimum Gasteiger partial charge on any atom is -0.480 e. The third-order valence-corrected chi connectivity index (χ3v) is 4.20. The van der Waals surface area contributed by atoms with Crippen molar-refractivity contribution in [1.29, 1.82) is 0 Å². The highest BCUT2D eigenvalue weighted by atomic mass is 19.1. The van der Waals surface area contributed by atoms with Crippen LogP contribution in [0.4, 0.5) is 14.5 Å². The summed E-state index contributed by atoms with van der Waals surface area (Å²) in [6.07, 6.45) is -1.25. The van der Waals surface area contributed by atoms with Crippen LogP contribution < -0.4 is 4.74 Å². The van der Waals surface area contributed by atoms with Gasteiger partial charge in [0.1, 0.15) is 22.9 Å². The Bertz CT molecular complexity index is 1020. The highest BCUT2D eigenvalue weighted by Gasteiger charge is 2.26. The molecule has 0 aromatic heterocycles. The van der Waals surface area contributed by atoms with Crippen molar-refractivity contribution >= 4 is 11.7 Å². The maximum Gasteiger partial charge on any atom is 0.341 e. The van der Waals surface area contributed by atoms with Crippen molar-refractivity contribution in [2.24, 2.45) is 0 Å². The quantitative estimate of drug-likeness (QED) is 0.337. The maximum absolute atomic E-state index is 14.5. The van der Waals surface area contributed by atoms with Crippen LogP contribution in [0.15, 0.2) is 66.7 Å². The number of hydrogen-bond donors (Lipinski definition) is 0. The zero-order valence-corrected chi connectivity index (χ0v) is 15.2. The molecule has 0 fully saturated rings. The molecule has 0 amide bonds. The molecule has 0 aliphatic rings. The number of benzene rings is 3. The number of nitro groups is 1.